The number of allylic oxidation sites excluding steroid dienone is 1. The lowest BCUT2D eigenvalue weighted by molar-refractivity contribution is -0.113. The van der Waals surface area contributed by atoms with Crippen molar-refractivity contribution in [1.29, 1.82) is 0 Å². The molecular formula is C26H21ClFN5O2. The van der Waals surface area contributed by atoms with Gasteiger partial charge in [0.25, 0.3) is 5.91 Å². The summed E-state index contributed by atoms with van der Waals surface area (Å²) in [5.74, 6) is 0.651. The molecule has 0 radical (unpaired) electrons. The van der Waals surface area contributed by atoms with Crippen LogP contribution in [0.2, 0.25) is 5.02 Å². The zero-order valence-corrected chi connectivity index (χ0v) is 19.5. The number of hydrogen-bond donors (Lipinski definition) is 2. The van der Waals surface area contributed by atoms with Crippen LogP contribution in [0.15, 0.2) is 90.4 Å². The maximum Gasteiger partial charge on any atom is 0.255 e. The van der Waals surface area contributed by atoms with Gasteiger partial charge in [-0.05, 0) is 66.6 Å². The second-order valence-corrected chi connectivity index (χ2v) is 8.48. The van der Waals surface area contributed by atoms with Gasteiger partial charge in [-0.3, -0.25) is 4.79 Å². The Morgan fingerprint density at radius 1 is 1.09 bits per heavy atom. The summed E-state index contributed by atoms with van der Waals surface area (Å²) in [6, 6.07) is 20.1. The van der Waals surface area contributed by atoms with Crippen molar-refractivity contribution in [3.8, 4) is 5.75 Å². The van der Waals surface area contributed by atoms with Gasteiger partial charge in [0.1, 0.15) is 30.5 Å². The minimum Gasteiger partial charge on any atom is -0.489 e. The van der Waals surface area contributed by atoms with Crippen LogP contribution in [0, 0.1) is 5.82 Å². The fourth-order valence-electron chi connectivity index (χ4n) is 3.92. The van der Waals surface area contributed by atoms with Crippen molar-refractivity contribution in [3.05, 3.63) is 112 Å². The molecule has 0 saturated heterocycles. The number of ether oxygens (including phenoxy) is 1. The van der Waals surface area contributed by atoms with E-state index in [-0.39, 0.29) is 11.7 Å². The Morgan fingerprint density at radius 2 is 1.80 bits per heavy atom. The van der Waals surface area contributed by atoms with Crippen molar-refractivity contribution in [2.45, 2.75) is 19.6 Å². The van der Waals surface area contributed by atoms with Crippen molar-refractivity contribution in [2.24, 2.45) is 0 Å². The number of nitrogens with zero attached hydrogens (tertiary/aromatic N) is 3. The van der Waals surface area contributed by atoms with Crippen molar-refractivity contribution in [3.63, 3.8) is 0 Å². The molecule has 0 spiro atoms. The highest BCUT2D eigenvalue weighted by Crippen LogP contribution is 2.36. The first-order valence-corrected chi connectivity index (χ1v) is 11.3. The third-order valence-corrected chi connectivity index (χ3v) is 5.91. The second kappa shape index (κ2) is 9.60. The number of aromatic nitrogens is 3. The zero-order valence-electron chi connectivity index (χ0n) is 18.7. The summed E-state index contributed by atoms with van der Waals surface area (Å²) in [6.45, 7) is 2.15. The molecule has 1 aliphatic heterocycles. The van der Waals surface area contributed by atoms with Crippen molar-refractivity contribution in [2.75, 3.05) is 10.6 Å². The van der Waals surface area contributed by atoms with Gasteiger partial charge in [0.15, 0.2) is 0 Å². The lowest BCUT2D eigenvalue weighted by atomic mass is 9.95. The molecule has 0 bridgehead atoms. The minimum atomic E-state index is -0.493. The lowest BCUT2D eigenvalue weighted by Crippen LogP contribution is -2.31. The van der Waals surface area contributed by atoms with Gasteiger partial charge >= 0.3 is 0 Å². The summed E-state index contributed by atoms with van der Waals surface area (Å²) in [4.78, 5) is 17.6. The van der Waals surface area contributed by atoms with Gasteiger partial charge in [-0.2, -0.15) is 10.1 Å². The van der Waals surface area contributed by atoms with E-state index in [1.54, 1.807) is 41.1 Å². The average molecular weight is 490 g/mol. The van der Waals surface area contributed by atoms with Gasteiger partial charge < -0.3 is 15.4 Å². The molecule has 1 amide bonds. The predicted molar refractivity (Wildman–Crippen MR) is 132 cm³/mol. The van der Waals surface area contributed by atoms with E-state index in [1.165, 1.54) is 18.5 Å². The van der Waals surface area contributed by atoms with Crippen LogP contribution in [-0.2, 0) is 11.4 Å². The van der Waals surface area contributed by atoms with E-state index in [9.17, 15) is 9.18 Å². The summed E-state index contributed by atoms with van der Waals surface area (Å²) in [6.07, 6.45) is 1.45. The van der Waals surface area contributed by atoms with Gasteiger partial charge in [0.2, 0.25) is 5.95 Å². The van der Waals surface area contributed by atoms with E-state index in [0.29, 0.717) is 40.3 Å². The fourth-order valence-corrected chi connectivity index (χ4v) is 4.04. The van der Waals surface area contributed by atoms with Crippen LogP contribution in [0.5, 0.6) is 5.75 Å². The van der Waals surface area contributed by atoms with E-state index < -0.39 is 6.04 Å². The molecule has 1 aliphatic rings. The van der Waals surface area contributed by atoms with Crippen LogP contribution in [0.1, 0.15) is 24.1 Å². The molecule has 9 heteroatoms. The predicted octanol–water partition coefficient (Wildman–Crippen LogP) is 5.58. The molecular weight excluding hydrogens is 469 g/mol. The Hall–Kier alpha value is -4.17. The number of hydrogen-bond acceptors (Lipinski definition) is 5. The number of fused-ring (bicyclic) bond motifs is 1. The first-order valence-electron chi connectivity index (χ1n) is 10.9. The number of amides is 1. The van der Waals surface area contributed by atoms with Crippen LogP contribution in [0.3, 0.4) is 0 Å². The lowest BCUT2D eigenvalue weighted by Gasteiger charge is -2.28. The number of benzene rings is 3. The zero-order chi connectivity index (χ0) is 24.4. The van der Waals surface area contributed by atoms with Gasteiger partial charge in [-0.15, -0.1) is 0 Å². The number of rotatable bonds is 6. The van der Waals surface area contributed by atoms with Crippen LogP contribution < -0.4 is 15.4 Å². The number of carbonyl (C=O) groups is 1. The summed E-state index contributed by atoms with van der Waals surface area (Å²) < 4.78 is 20.6. The molecule has 1 atom stereocenters. The molecule has 5 rings (SSSR count). The van der Waals surface area contributed by atoms with Crippen molar-refractivity contribution < 1.29 is 13.9 Å². The molecule has 4 aromatic rings. The van der Waals surface area contributed by atoms with Crippen LogP contribution in [-0.4, -0.2) is 20.7 Å². The Labute approximate surface area is 206 Å². The Bertz CT molecular complexity index is 1380. The van der Waals surface area contributed by atoms with Gasteiger partial charge in [0.05, 0.1) is 5.57 Å². The number of nitrogens with one attached hydrogen (secondary N) is 2. The second-order valence-electron chi connectivity index (χ2n) is 8.04. The molecule has 0 fully saturated rings. The molecule has 0 unspecified atom stereocenters. The highest BCUT2D eigenvalue weighted by atomic mass is 35.5. The largest absolute Gasteiger partial charge is 0.489 e. The Morgan fingerprint density at radius 3 is 2.51 bits per heavy atom. The first-order chi connectivity index (χ1) is 17.0. The van der Waals surface area contributed by atoms with E-state index >= 15 is 0 Å². The standard InChI is InChI=1S/C26H21ClFN5O2/c1-16-23(25(34)32-21-10-6-19(27)7-11-21)24(33-26(31-16)29-15-30-33)18-4-12-22(13-5-18)35-14-17-2-8-20(28)9-3-17/h2-13,15,24H,14H2,1H3,(H,32,34)(H,29,30,31)/t24-/m0/s1. The molecule has 0 saturated carbocycles. The molecule has 2 heterocycles. The quantitative estimate of drug-likeness (QED) is 0.369. The van der Waals surface area contributed by atoms with Crippen LogP contribution >= 0.6 is 11.6 Å². The van der Waals surface area contributed by atoms with E-state index in [1.807, 2.05) is 31.2 Å². The van der Waals surface area contributed by atoms with Gasteiger partial charge in [-0.1, -0.05) is 35.9 Å². The summed E-state index contributed by atoms with van der Waals surface area (Å²) in [7, 11) is 0. The monoisotopic (exact) mass is 489 g/mol. The molecule has 35 heavy (non-hydrogen) atoms. The Balaban J connectivity index is 1.40. The smallest absolute Gasteiger partial charge is 0.255 e. The highest BCUT2D eigenvalue weighted by Gasteiger charge is 2.33. The number of halogens is 2. The third-order valence-electron chi connectivity index (χ3n) is 5.66. The maximum atomic E-state index is 13.4. The summed E-state index contributed by atoms with van der Waals surface area (Å²) in [5.41, 5.74) is 3.53. The average Bonchev–Trinajstić information content (AvgIpc) is 3.32. The van der Waals surface area contributed by atoms with E-state index in [4.69, 9.17) is 16.3 Å². The Kier molecular flexibility index (Phi) is 6.20. The van der Waals surface area contributed by atoms with Crippen LogP contribution in [0.25, 0.3) is 0 Å². The minimum absolute atomic E-state index is 0.264. The first kappa shape index (κ1) is 22.6. The van der Waals surface area contributed by atoms with Crippen molar-refractivity contribution >= 4 is 29.1 Å². The van der Waals surface area contributed by atoms with E-state index in [0.717, 1.165) is 11.1 Å². The molecule has 3 aromatic carbocycles. The normalized spacial score (nSPS) is 14.8. The molecule has 1 aromatic heterocycles. The molecule has 2 N–H and O–H groups in total. The fraction of sp³-hybridized carbons (Fsp3) is 0.115. The number of anilines is 2. The van der Waals surface area contributed by atoms with Gasteiger partial charge in [-0.25, -0.2) is 9.07 Å². The molecule has 0 aliphatic carbocycles. The molecule has 176 valence electrons. The topological polar surface area (TPSA) is 81.1 Å². The maximum absolute atomic E-state index is 13.4. The SMILES string of the molecule is CC1=C(C(=O)Nc2ccc(Cl)cc2)[C@H](c2ccc(OCc3ccc(F)cc3)cc2)n2ncnc2N1. The summed E-state index contributed by atoms with van der Waals surface area (Å²) in [5, 5.41) is 11.0. The van der Waals surface area contributed by atoms with Gasteiger partial charge in [0, 0.05) is 16.4 Å². The highest BCUT2D eigenvalue weighted by molar-refractivity contribution is 6.30. The molecule has 7 nitrogen and oxygen atoms in total. The van der Waals surface area contributed by atoms with Crippen LogP contribution in [0.4, 0.5) is 16.0 Å². The third kappa shape index (κ3) is 4.88. The number of carbonyl (C=O) groups excluding carboxylic acids is 1. The van der Waals surface area contributed by atoms with Crippen molar-refractivity contribution in [1.82, 2.24) is 14.8 Å². The summed E-state index contributed by atoms with van der Waals surface area (Å²) >= 11 is 5.97. The van der Waals surface area contributed by atoms with E-state index in [2.05, 4.69) is 20.7 Å².